The second kappa shape index (κ2) is 8.43. The minimum absolute atomic E-state index is 0.0533. The number of methoxy groups -OCH3 is 1. The Labute approximate surface area is 106 Å². The molecule has 0 fully saturated rings. The van der Waals surface area contributed by atoms with E-state index >= 15 is 0 Å². The Bertz CT molecular complexity index is 417. The predicted octanol–water partition coefficient (Wildman–Crippen LogP) is -0.799. The van der Waals surface area contributed by atoms with Crippen molar-refractivity contribution in [2.24, 2.45) is 0 Å². The summed E-state index contributed by atoms with van der Waals surface area (Å²) in [5.41, 5.74) is -0.175. The Hall–Kier alpha value is -1.66. The number of amides is 1. The molecular weight excluding hydrogens is 234 g/mol. The highest BCUT2D eigenvalue weighted by atomic mass is 16.5. The van der Waals surface area contributed by atoms with Gasteiger partial charge >= 0.3 is 0 Å². The standard InChI is InChI=1S/C12H19N3O3/c1-18-9-7-13-5-6-14-11(16)10-15-8-3-2-4-12(15)17/h2-4,8,13H,5-7,9-10H2,1H3,(H,14,16). The molecule has 18 heavy (non-hydrogen) atoms. The van der Waals surface area contributed by atoms with Gasteiger partial charge in [-0.2, -0.15) is 0 Å². The summed E-state index contributed by atoms with van der Waals surface area (Å²) in [6.07, 6.45) is 1.60. The van der Waals surface area contributed by atoms with Crippen molar-refractivity contribution >= 4 is 5.91 Å². The maximum atomic E-state index is 11.5. The van der Waals surface area contributed by atoms with Gasteiger partial charge in [-0.3, -0.25) is 9.59 Å². The largest absolute Gasteiger partial charge is 0.383 e. The summed E-state index contributed by atoms with van der Waals surface area (Å²) in [5, 5.41) is 5.84. The van der Waals surface area contributed by atoms with Crippen LogP contribution in [-0.4, -0.2) is 43.8 Å². The topological polar surface area (TPSA) is 72.4 Å². The van der Waals surface area contributed by atoms with E-state index in [1.54, 1.807) is 25.4 Å². The number of aromatic nitrogens is 1. The van der Waals surface area contributed by atoms with Crippen LogP contribution in [-0.2, 0) is 16.1 Å². The second-order valence-corrected chi connectivity index (χ2v) is 3.76. The zero-order valence-corrected chi connectivity index (χ0v) is 10.5. The van der Waals surface area contributed by atoms with Crippen LogP contribution in [0.1, 0.15) is 0 Å². The van der Waals surface area contributed by atoms with Crippen molar-refractivity contribution < 1.29 is 9.53 Å². The number of hydrogen-bond acceptors (Lipinski definition) is 4. The third kappa shape index (κ3) is 5.60. The molecule has 0 unspecified atom stereocenters. The highest BCUT2D eigenvalue weighted by Crippen LogP contribution is 1.82. The Kier molecular flexibility index (Phi) is 6.75. The number of rotatable bonds is 8. The highest BCUT2D eigenvalue weighted by Gasteiger charge is 2.02. The van der Waals surface area contributed by atoms with Gasteiger partial charge in [0, 0.05) is 39.0 Å². The Morgan fingerprint density at radius 2 is 2.17 bits per heavy atom. The van der Waals surface area contributed by atoms with E-state index in [0.29, 0.717) is 19.7 Å². The summed E-state index contributed by atoms with van der Waals surface area (Å²) in [6.45, 7) is 2.67. The lowest BCUT2D eigenvalue weighted by atomic mass is 10.4. The third-order valence-electron chi connectivity index (χ3n) is 2.32. The molecule has 100 valence electrons. The van der Waals surface area contributed by atoms with Crippen LogP contribution in [0.3, 0.4) is 0 Å². The molecule has 1 rings (SSSR count). The first-order valence-corrected chi connectivity index (χ1v) is 5.86. The number of nitrogens with zero attached hydrogens (tertiary/aromatic N) is 1. The molecule has 0 bridgehead atoms. The van der Waals surface area contributed by atoms with E-state index in [9.17, 15) is 9.59 Å². The van der Waals surface area contributed by atoms with Crippen LogP contribution in [0, 0.1) is 0 Å². The molecule has 2 N–H and O–H groups in total. The van der Waals surface area contributed by atoms with Crippen LogP contribution < -0.4 is 16.2 Å². The van der Waals surface area contributed by atoms with Crippen LogP contribution in [0.4, 0.5) is 0 Å². The molecule has 0 radical (unpaired) electrons. The van der Waals surface area contributed by atoms with Crippen molar-refractivity contribution in [3.8, 4) is 0 Å². The van der Waals surface area contributed by atoms with E-state index in [1.807, 2.05) is 0 Å². The summed E-state index contributed by atoms with van der Waals surface area (Å²) >= 11 is 0. The van der Waals surface area contributed by atoms with Gasteiger partial charge in [0.15, 0.2) is 0 Å². The SMILES string of the molecule is COCCNCCNC(=O)Cn1ccccc1=O. The summed E-state index contributed by atoms with van der Waals surface area (Å²) in [6, 6.07) is 4.80. The monoisotopic (exact) mass is 253 g/mol. The van der Waals surface area contributed by atoms with Crippen molar-refractivity contribution in [1.29, 1.82) is 0 Å². The van der Waals surface area contributed by atoms with Crippen molar-refractivity contribution in [3.63, 3.8) is 0 Å². The molecule has 0 aliphatic rings. The van der Waals surface area contributed by atoms with E-state index in [0.717, 1.165) is 6.54 Å². The van der Waals surface area contributed by atoms with Gasteiger partial charge in [0.05, 0.1) is 6.61 Å². The molecule has 1 aromatic heterocycles. The first-order chi connectivity index (χ1) is 8.74. The van der Waals surface area contributed by atoms with E-state index in [2.05, 4.69) is 10.6 Å². The van der Waals surface area contributed by atoms with Crippen LogP contribution >= 0.6 is 0 Å². The maximum absolute atomic E-state index is 11.5. The lowest BCUT2D eigenvalue weighted by Crippen LogP contribution is -2.36. The molecule has 0 spiro atoms. The Balaban J connectivity index is 2.18. The van der Waals surface area contributed by atoms with Crippen LogP contribution in [0.15, 0.2) is 29.2 Å². The highest BCUT2D eigenvalue weighted by molar-refractivity contribution is 5.75. The van der Waals surface area contributed by atoms with E-state index in [1.165, 1.54) is 10.6 Å². The van der Waals surface area contributed by atoms with Crippen LogP contribution in [0.25, 0.3) is 0 Å². The summed E-state index contributed by atoms with van der Waals surface area (Å²) < 4.78 is 6.24. The number of carbonyl (C=O) groups is 1. The lowest BCUT2D eigenvalue weighted by molar-refractivity contribution is -0.121. The zero-order chi connectivity index (χ0) is 13.2. The first kappa shape index (κ1) is 14.4. The van der Waals surface area contributed by atoms with Gasteiger partial charge in [-0.25, -0.2) is 0 Å². The van der Waals surface area contributed by atoms with Crippen molar-refractivity contribution in [2.75, 3.05) is 33.4 Å². The first-order valence-electron chi connectivity index (χ1n) is 5.86. The van der Waals surface area contributed by atoms with Crippen molar-refractivity contribution in [3.05, 3.63) is 34.7 Å². The maximum Gasteiger partial charge on any atom is 0.250 e. The summed E-state index contributed by atoms with van der Waals surface area (Å²) in [5.74, 6) is -0.170. The minimum atomic E-state index is -0.175. The Morgan fingerprint density at radius 3 is 2.89 bits per heavy atom. The molecule has 0 saturated carbocycles. The van der Waals surface area contributed by atoms with Gasteiger partial charge in [-0.15, -0.1) is 0 Å². The van der Waals surface area contributed by atoms with Gasteiger partial charge < -0.3 is 19.9 Å². The normalized spacial score (nSPS) is 10.3. The fourth-order valence-corrected chi connectivity index (χ4v) is 1.39. The average molecular weight is 253 g/mol. The van der Waals surface area contributed by atoms with Gasteiger partial charge in [-0.1, -0.05) is 6.07 Å². The number of carbonyl (C=O) groups excluding carboxylic acids is 1. The molecule has 0 atom stereocenters. The molecule has 1 heterocycles. The van der Waals surface area contributed by atoms with Crippen molar-refractivity contribution in [2.45, 2.75) is 6.54 Å². The van der Waals surface area contributed by atoms with E-state index in [-0.39, 0.29) is 18.0 Å². The van der Waals surface area contributed by atoms with Gasteiger partial charge in [0.2, 0.25) is 5.91 Å². The van der Waals surface area contributed by atoms with Crippen molar-refractivity contribution in [1.82, 2.24) is 15.2 Å². The molecule has 0 aromatic carbocycles. The summed E-state index contributed by atoms with van der Waals surface area (Å²) in [7, 11) is 1.64. The van der Waals surface area contributed by atoms with Gasteiger partial charge in [-0.05, 0) is 6.07 Å². The molecule has 1 amide bonds. The fourth-order valence-electron chi connectivity index (χ4n) is 1.39. The Morgan fingerprint density at radius 1 is 1.33 bits per heavy atom. The number of hydrogen-bond donors (Lipinski definition) is 2. The molecule has 1 aromatic rings. The smallest absolute Gasteiger partial charge is 0.250 e. The molecule has 6 nitrogen and oxygen atoms in total. The number of pyridine rings is 1. The molecule has 0 saturated heterocycles. The number of nitrogens with one attached hydrogen (secondary N) is 2. The van der Waals surface area contributed by atoms with Crippen LogP contribution in [0.2, 0.25) is 0 Å². The second-order valence-electron chi connectivity index (χ2n) is 3.76. The quantitative estimate of drug-likeness (QED) is 0.595. The fraction of sp³-hybridized carbons (Fsp3) is 0.500. The molecule has 6 heteroatoms. The van der Waals surface area contributed by atoms with Gasteiger partial charge in [0.1, 0.15) is 6.54 Å². The van der Waals surface area contributed by atoms with Crippen LogP contribution in [0.5, 0.6) is 0 Å². The molecular formula is C12H19N3O3. The zero-order valence-electron chi connectivity index (χ0n) is 10.5. The van der Waals surface area contributed by atoms with E-state index in [4.69, 9.17) is 4.74 Å². The number of ether oxygens (including phenoxy) is 1. The van der Waals surface area contributed by atoms with E-state index < -0.39 is 0 Å². The van der Waals surface area contributed by atoms with Gasteiger partial charge in [0.25, 0.3) is 5.56 Å². The lowest BCUT2D eigenvalue weighted by Gasteiger charge is -2.07. The third-order valence-corrected chi connectivity index (χ3v) is 2.32. The summed E-state index contributed by atoms with van der Waals surface area (Å²) in [4.78, 5) is 22.9. The average Bonchev–Trinajstić information content (AvgIpc) is 2.36. The predicted molar refractivity (Wildman–Crippen MR) is 68.5 cm³/mol. The molecule has 0 aliphatic heterocycles. The minimum Gasteiger partial charge on any atom is -0.383 e. The molecule has 0 aliphatic carbocycles.